The number of aromatic nitrogens is 3. The molecule has 1 aliphatic heterocycles. The molecular weight excluding hydrogens is 777 g/mol. The van der Waals surface area contributed by atoms with Gasteiger partial charge in [-0.3, -0.25) is 15.0 Å². The number of hydrogen-bond donors (Lipinski definition) is 0. The summed E-state index contributed by atoms with van der Waals surface area (Å²) in [4.78, 5) is 14.5. The van der Waals surface area contributed by atoms with Gasteiger partial charge in [0.2, 0.25) is 0 Å². The predicted octanol–water partition coefficient (Wildman–Crippen LogP) is 15.1. The number of allylic oxidation sites excluding steroid dienone is 1. The fourth-order valence-electron chi connectivity index (χ4n) is 10.1. The molecule has 4 heteroatoms. The van der Waals surface area contributed by atoms with E-state index in [-0.39, 0.29) is 5.41 Å². The lowest BCUT2D eigenvalue weighted by Gasteiger charge is -2.21. The number of hydrogen-bond acceptors (Lipinski definition) is 3. The minimum atomic E-state index is -0.149. The van der Waals surface area contributed by atoms with Gasteiger partial charge in [0.1, 0.15) is 0 Å². The van der Waals surface area contributed by atoms with Gasteiger partial charge in [-0.15, -0.1) is 0 Å². The van der Waals surface area contributed by atoms with E-state index in [0.717, 1.165) is 51.4 Å². The lowest BCUT2D eigenvalue weighted by Crippen LogP contribution is -2.15. The van der Waals surface area contributed by atoms with E-state index in [1.165, 1.54) is 66.4 Å². The molecule has 1 unspecified atom stereocenters. The fourth-order valence-corrected chi connectivity index (χ4v) is 10.1. The molecule has 304 valence electrons. The van der Waals surface area contributed by atoms with Crippen molar-refractivity contribution >= 4 is 33.7 Å². The number of aliphatic imine (C=N–C) groups is 1. The molecule has 0 radical (unpaired) electrons. The highest BCUT2D eigenvalue weighted by atomic mass is 15.0. The second kappa shape index (κ2) is 15.1. The summed E-state index contributed by atoms with van der Waals surface area (Å²) in [7, 11) is 0. The number of nitrogens with zero attached hydrogens (tertiary/aromatic N) is 4. The summed E-state index contributed by atoms with van der Waals surface area (Å²) in [6.07, 6.45) is 9.06. The second-order valence-electron chi connectivity index (χ2n) is 17.6. The van der Waals surface area contributed by atoms with Crippen LogP contribution in [0.2, 0.25) is 0 Å². The van der Waals surface area contributed by atoms with Gasteiger partial charge in [0.25, 0.3) is 0 Å². The van der Waals surface area contributed by atoms with Crippen molar-refractivity contribution < 1.29 is 0 Å². The van der Waals surface area contributed by atoms with Crippen LogP contribution >= 0.6 is 0 Å². The molecule has 0 N–H and O–H groups in total. The Kier molecular flexibility index (Phi) is 8.94. The molecule has 64 heavy (non-hydrogen) atoms. The molecular formula is C60H44N4. The van der Waals surface area contributed by atoms with E-state index >= 15 is 0 Å². The molecule has 1 atom stereocenters. The van der Waals surface area contributed by atoms with Gasteiger partial charge in [-0.25, -0.2) is 0 Å². The molecule has 4 nitrogen and oxygen atoms in total. The maximum absolute atomic E-state index is 4.95. The van der Waals surface area contributed by atoms with Crippen LogP contribution in [-0.4, -0.2) is 20.7 Å². The minimum Gasteiger partial charge on any atom is -0.309 e. The van der Waals surface area contributed by atoms with E-state index in [9.17, 15) is 0 Å². The highest BCUT2D eigenvalue weighted by Gasteiger charge is 2.36. The monoisotopic (exact) mass is 820 g/mol. The Balaban J connectivity index is 1.000. The third-order valence-corrected chi connectivity index (χ3v) is 13.4. The SMILES string of the molecule is CC1(C)c2ccccc2-c2cc3c4cc(-c5cccc(-c6cccc(C7=CCC(c8ccccc8)C=N7)c6)c5)ccc4n(-c4cc(-c5ccccn5)cc(-c5ccccn5)c4)c3cc21. The molecule has 1 aliphatic carbocycles. The van der Waals surface area contributed by atoms with Gasteiger partial charge in [-0.05, 0) is 135 Å². The molecule has 7 aromatic carbocycles. The van der Waals surface area contributed by atoms with Crippen LogP contribution < -0.4 is 0 Å². The van der Waals surface area contributed by atoms with E-state index in [2.05, 4.69) is 207 Å². The van der Waals surface area contributed by atoms with E-state index in [4.69, 9.17) is 15.0 Å². The Hall–Kier alpha value is -7.95. The Labute approximate surface area is 373 Å². The van der Waals surface area contributed by atoms with Crippen molar-refractivity contribution in [3.63, 3.8) is 0 Å². The van der Waals surface area contributed by atoms with Crippen molar-refractivity contribution in [2.75, 3.05) is 0 Å². The minimum absolute atomic E-state index is 0.149. The van der Waals surface area contributed by atoms with Crippen LogP contribution in [0, 0.1) is 0 Å². The van der Waals surface area contributed by atoms with Crippen molar-refractivity contribution in [1.29, 1.82) is 0 Å². The highest BCUT2D eigenvalue weighted by molar-refractivity contribution is 6.13. The van der Waals surface area contributed by atoms with Crippen LogP contribution in [0.3, 0.4) is 0 Å². The molecule has 0 bridgehead atoms. The zero-order chi connectivity index (χ0) is 42.8. The maximum Gasteiger partial charge on any atom is 0.0702 e. The number of pyridine rings is 2. The number of fused-ring (bicyclic) bond motifs is 6. The third kappa shape index (κ3) is 6.41. The van der Waals surface area contributed by atoms with Gasteiger partial charge in [-0.2, -0.15) is 0 Å². The summed E-state index contributed by atoms with van der Waals surface area (Å²) in [6.45, 7) is 4.72. The molecule has 0 amide bonds. The molecule has 0 saturated heterocycles. The Morgan fingerprint density at radius 3 is 1.75 bits per heavy atom. The Bertz CT molecular complexity index is 3430. The first kappa shape index (κ1) is 37.8. The molecule has 2 aliphatic rings. The zero-order valence-corrected chi connectivity index (χ0v) is 35.8. The van der Waals surface area contributed by atoms with Crippen LogP contribution in [0.4, 0.5) is 0 Å². The molecule has 0 fully saturated rings. The average Bonchev–Trinajstić information content (AvgIpc) is 3.81. The van der Waals surface area contributed by atoms with Crippen molar-refractivity contribution in [2.24, 2.45) is 4.99 Å². The summed E-state index contributed by atoms with van der Waals surface area (Å²) in [6, 6.07) is 68.2. The number of rotatable bonds is 7. The van der Waals surface area contributed by atoms with Crippen LogP contribution in [0.15, 0.2) is 212 Å². The topological polar surface area (TPSA) is 43.1 Å². The summed E-state index contributed by atoms with van der Waals surface area (Å²) in [5, 5.41) is 2.44. The highest BCUT2D eigenvalue weighted by Crippen LogP contribution is 2.51. The average molecular weight is 821 g/mol. The van der Waals surface area contributed by atoms with Crippen molar-refractivity contribution in [3.8, 4) is 61.6 Å². The van der Waals surface area contributed by atoms with Gasteiger partial charge in [-0.1, -0.05) is 129 Å². The Morgan fingerprint density at radius 2 is 1.08 bits per heavy atom. The summed E-state index contributed by atoms with van der Waals surface area (Å²) >= 11 is 0. The van der Waals surface area contributed by atoms with Crippen LogP contribution in [0.1, 0.15) is 48.4 Å². The Morgan fingerprint density at radius 1 is 0.469 bits per heavy atom. The fraction of sp³-hybridized carbons (Fsp3) is 0.0833. The quantitative estimate of drug-likeness (QED) is 0.161. The lowest BCUT2D eigenvalue weighted by atomic mass is 9.82. The van der Waals surface area contributed by atoms with Crippen molar-refractivity contribution in [2.45, 2.75) is 31.6 Å². The van der Waals surface area contributed by atoms with Crippen molar-refractivity contribution in [3.05, 3.63) is 229 Å². The maximum atomic E-state index is 4.95. The standard InChI is InChI=1S/C60H44N4/c1-60(2)53-21-7-6-20-49(53)50-36-52-51-35-43(41-17-12-16-40(30-41)42-18-13-19-44(31-42)57-26-24-45(38-63-57)39-14-4-3-5-15-39)25-27-58(51)64(59(52)37-54(50)60)48-33-46(55-22-8-10-28-61-55)32-47(34-48)56-23-9-11-29-62-56/h3-23,25-38,45H,24H2,1-2H3. The van der Waals surface area contributed by atoms with Crippen LogP contribution in [0.25, 0.3) is 89.1 Å². The van der Waals surface area contributed by atoms with Crippen molar-refractivity contribution in [1.82, 2.24) is 14.5 Å². The van der Waals surface area contributed by atoms with Gasteiger partial charge in [0.15, 0.2) is 0 Å². The molecule has 0 spiro atoms. The van der Waals surface area contributed by atoms with Gasteiger partial charge >= 0.3 is 0 Å². The van der Waals surface area contributed by atoms with E-state index in [0.29, 0.717) is 5.92 Å². The molecule has 4 heterocycles. The zero-order valence-electron chi connectivity index (χ0n) is 35.8. The first-order chi connectivity index (χ1) is 31.5. The van der Waals surface area contributed by atoms with Crippen LogP contribution in [0.5, 0.6) is 0 Å². The van der Waals surface area contributed by atoms with Gasteiger partial charge < -0.3 is 4.57 Å². The first-order valence-electron chi connectivity index (χ1n) is 22.2. The van der Waals surface area contributed by atoms with Gasteiger partial charge in [0, 0.05) is 63.1 Å². The predicted molar refractivity (Wildman–Crippen MR) is 266 cm³/mol. The summed E-state index contributed by atoms with van der Waals surface area (Å²) < 4.78 is 2.46. The summed E-state index contributed by atoms with van der Waals surface area (Å²) in [5.74, 6) is 0.306. The van der Waals surface area contributed by atoms with Gasteiger partial charge in [0.05, 0.1) is 28.1 Å². The van der Waals surface area contributed by atoms with E-state index in [1.807, 2.05) is 24.5 Å². The molecule has 10 aromatic rings. The largest absolute Gasteiger partial charge is 0.309 e. The number of benzene rings is 7. The third-order valence-electron chi connectivity index (χ3n) is 13.4. The second-order valence-corrected chi connectivity index (χ2v) is 17.6. The van der Waals surface area contributed by atoms with E-state index < -0.39 is 0 Å². The molecule has 0 saturated carbocycles. The summed E-state index contributed by atoms with van der Waals surface area (Å²) in [5.41, 5.74) is 20.7. The molecule has 3 aromatic heterocycles. The first-order valence-corrected chi connectivity index (χ1v) is 22.2. The normalized spacial score (nSPS) is 15.0. The lowest BCUT2D eigenvalue weighted by molar-refractivity contribution is 0.661. The van der Waals surface area contributed by atoms with E-state index in [1.54, 1.807) is 0 Å². The van der Waals surface area contributed by atoms with Crippen LogP contribution in [-0.2, 0) is 5.41 Å². The molecule has 12 rings (SSSR count). The smallest absolute Gasteiger partial charge is 0.0702 e.